The van der Waals surface area contributed by atoms with Gasteiger partial charge in [-0.1, -0.05) is 69.4 Å². The van der Waals surface area contributed by atoms with Crippen molar-refractivity contribution in [1.29, 1.82) is 5.26 Å². The number of carbonyl (C=O) groups is 2. The third kappa shape index (κ3) is 6.77. The fourth-order valence-corrected chi connectivity index (χ4v) is 3.88. The molecule has 36 heavy (non-hydrogen) atoms. The summed E-state index contributed by atoms with van der Waals surface area (Å²) < 4.78 is 11.1. The van der Waals surface area contributed by atoms with Crippen LogP contribution in [0.2, 0.25) is 0 Å². The van der Waals surface area contributed by atoms with Crippen LogP contribution in [0.1, 0.15) is 54.2 Å². The average molecular weight is 505 g/mol. The van der Waals surface area contributed by atoms with Gasteiger partial charge in [0.2, 0.25) is 5.13 Å². The third-order valence-corrected chi connectivity index (χ3v) is 6.27. The van der Waals surface area contributed by atoms with Gasteiger partial charge in [0.1, 0.15) is 16.6 Å². The van der Waals surface area contributed by atoms with Crippen molar-refractivity contribution in [1.82, 2.24) is 10.2 Å². The first-order valence-corrected chi connectivity index (χ1v) is 12.2. The van der Waals surface area contributed by atoms with Crippen LogP contribution in [0.4, 0.5) is 5.13 Å². The summed E-state index contributed by atoms with van der Waals surface area (Å²) in [5, 5.41) is 21.0. The van der Waals surface area contributed by atoms with E-state index in [1.807, 2.05) is 25.1 Å². The molecule has 1 amide bonds. The molecule has 0 fully saturated rings. The lowest BCUT2D eigenvalue weighted by molar-refractivity contribution is -0.112. The van der Waals surface area contributed by atoms with Gasteiger partial charge in [-0.05, 0) is 41.2 Å². The molecular weight excluding hydrogens is 476 g/mol. The second-order valence-electron chi connectivity index (χ2n) is 8.93. The summed E-state index contributed by atoms with van der Waals surface area (Å²) >= 11 is 1.26. The molecule has 3 aromatic rings. The largest absolute Gasteiger partial charge is 0.493 e. The summed E-state index contributed by atoms with van der Waals surface area (Å²) in [5.41, 5.74) is 2.16. The molecule has 9 heteroatoms. The number of benzene rings is 2. The van der Waals surface area contributed by atoms with Crippen LogP contribution in [-0.4, -0.2) is 35.6 Å². The summed E-state index contributed by atoms with van der Waals surface area (Å²) in [4.78, 5) is 25.1. The van der Waals surface area contributed by atoms with Gasteiger partial charge in [0.25, 0.3) is 5.91 Å². The fraction of sp³-hybridized carbons (Fsp3) is 0.296. The van der Waals surface area contributed by atoms with E-state index in [2.05, 4.69) is 36.3 Å². The number of hydrogen-bond donors (Lipinski definition) is 1. The van der Waals surface area contributed by atoms with Crippen LogP contribution in [-0.2, 0) is 16.6 Å². The lowest BCUT2D eigenvalue weighted by atomic mass is 9.86. The number of ether oxygens (including phenoxy) is 2. The maximum atomic E-state index is 12.6. The average Bonchev–Trinajstić information content (AvgIpc) is 3.33. The Hall–Kier alpha value is -4.03. The summed E-state index contributed by atoms with van der Waals surface area (Å²) in [7, 11) is 1.47. The third-order valence-electron chi connectivity index (χ3n) is 5.29. The summed E-state index contributed by atoms with van der Waals surface area (Å²) in [6, 6.07) is 14.3. The van der Waals surface area contributed by atoms with Crippen LogP contribution in [0.25, 0.3) is 6.08 Å². The standard InChI is InChI=1S/C27H28N4O4S/c1-6-24-30-31-26(36-24)29-25(33)19(15-28)13-17-7-12-22(23(14-17)34-5)35-16-21(32)18-8-10-20(11-9-18)27(2,3)4/h7-14H,6,16H2,1-5H3,(H,29,31,33)/b19-13+. The summed E-state index contributed by atoms with van der Waals surface area (Å²) in [6.45, 7) is 8.13. The van der Waals surface area contributed by atoms with E-state index in [1.54, 1.807) is 30.3 Å². The zero-order valence-electron chi connectivity index (χ0n) is 20.9. The van der Waals surface area contributed by atoms with E-state index in [0.717, 1.165) is 10.6 Å². The number of methoxy groups -OCH3 is 1. The maximum absolute atomic E-state index is 12.6. The first-order chi connectivity index (χ1) is 17.1. The fourth-order valence-electron chi connectivity index (χ4n) is 3.20. The number of hydrogen-bond acceptors (Lipinski definition) is 8. The molecule has 0 saturated heterocycles. The number of rotatable bonds is 9. The lowest BCUT2D eigenvalue weighted by Crippen LogP contribution is -2.14. The van der Waals surface area contributed by atoms with Crippen LogP contribution in [0.3, 0.4) is 0 Å². The lowest BCUT2D eigenvalue weighted by Gasteiger charge is -2.19. The SMILES string of the molecule is CCc1nnc(NC(=O)/C(C#N)=C/c2ccc(OCC(=O)c3ccc(C(C)(C)C)cc3)c(OC)c2)s1. The summed E-state index contributed by atoms with van der Waals surface area (Å²) in [6.07, 6.45) is 2.14. The molecular formula is C27H28N4O4S. The second kappa shape index (κ2) is 11.6. The molecule has 8 nitrogen and oxygen atoms in total. The van der Waals surface area contributed by atoms with E-state index < -0.39 is 5.91 Å². The van der Waals surface area contributed by atoms with Crippen molar-refractivity contribution in [2.75, 3.05) is 19.0 Å². The maximum Gasteiger partial charge on any atom is 0.268 e. The quantitative estimate of drug-likeness (QED) is 0.242. The number of carbonyl (C=O) groups excluding carboxylic acids is 2. The molecule has 186 valence electrons. The Morgan fingerprint density at radius 3 is 2.42 bits per heavy atom. The Labute approximate surface area is 214 Å². The monoisotopic (exact) mass is 504 g/mol. The van der Waals surface area contributed by atoms with E-state index >= 15 is 0 Å². The Bertz CT molecular complexity index is 1310. The van der Waals surface area contributed by atoms with Crippen LogP contribution in [0.15, 0.2) is 48.0 Å². The predicted molar refractivity (Wildman–Crippen MR) is 139 cm³/mol. The van der Waals surface area contributed by atoms with Gasteiger partial charge in [0.15, 0.2) is 23.9 Å². The topological polar surface area (TPSA) is 114 Å². The minimum absolute atomic E-state index is 0.00433. The number of ketones is 1. The minimum Gasteiger partial charge on any atom is -0.493 e. The van der Waals surface area contributed by atoms with Gasteiger partial charge >= 0.3 is 0 Å². The highest BCUT2D eigenvalue weighted by atomic mass is 32.1. The van der Waals surface area contributed by atoms with Gasteiger partial charge in [-0.25, -0.2) is 0 Å². The molecule has 1 aromatic heterocycles. The molecule has 0 aliphatic carbocycles. The molecule has 0 unspecified atom stereocenters. The molecule has 1 N–H and O–H groups in total. The van der Waals surface area contributed by atoms with Gasteiger partial charge in [-0.2, -0.15) is 5.26 Å². The van der Waals surface area contributed by atoms with Gasteiger partial charge in [0.05, 0.1) is 7.11 Å². The van der Waals surface area contributed by atoms with E-state index in [-0.39, 0.29) is 23.4 Å². The zero-order chi connectivity index (χ0) is 26.3. The number of Topliss-reactive ketones (excluding diaryl/α,β-unsaturated/α-hetero) is 1. The number of aromatic nitrogens is 2. The van der Waals surface area contributed by atoms with E-state index in [9.17, 15) is 14.9 Å². The van der Waals surface area contributed by atoms with Crippen molar-refractivity contribution in [2.45, 2.75) is 39.5 Å². The van der Waals surface area contributed by atoms with Crippen molar-refractivity contribution in [3.8, 4) is 17.6 Å². The highest BCUT2D eigenvalue weighted by Gasteiger charge is 2.16. The first-order valence-electron chi connectivity index (χ1n) is 11.3. The van der Waals surface area contributed by atoms with Crippen LogP contribution < -0.4 is 14.8 Å². The molecule has 0 saturated carbocycles. The van der Waals surface area contributed by atoms with Crippen molar-refractivity contribution < 1.29 is 19.1 Å². The van der Waals surface area contributed by atoms with Crippen LogP contribution in [0, 0.1) is 11.3 Å². The molecule has 0 spiro atoms. The van der Waals surface area contributed by atoms with Crippen molar-refractivity contribution in [3.63, 3.8) is 0 Å². The van der Waals surface area contributed by atoms with Crippen LogP contribution in [0.5, 0.6) is 11.5 Å². The van der Waals surface area contributed by atoms with Gasteiger partial charge in [-0.3, -0.25) is 14.9 Å². The molecule has 1 heterocycles. The molecule has 0 bridgehead atoms. The smallest absolute Gasteiger partial charge is 0.268 e. The van der Waals surface area contributed by atoms with Crippen molar-refractivity contribution in [3.05, 3.63) is 69.7 Å². The van der Waals surface area contributed by atoms with Crippen molar-refractivity contribution in [2.24, 2.45) is 0 Å². The Kier molecular flexibility index (Phi) is 8.56. The van der Waals surface area contributed by atoms with Gasteiger partial charge in [0, 0.05) is 5.56 Å². The molecule has 0 aliphatic heterocycles. The normalized spacial score (nSPS) is 11.5. The minimum atomic E-state index is -0.585. The number of nitriles is 1. The van der Waals surface area contributed by atoms with E-state index in [1.165, 1.54) is 24.5 Å². The zero-order valence-corrected chi connectivity index (χ0v) is 21.7. The molecule has 0 atom stereocenters. The van der Waals surface area contributed by atoms with E-state index in [0.29, 0.717) is 34.2 Å². The number of aryl methyl sites for hydroxylation is 1. The molecule has 0 radical (unpaired) electrons. The molecule has 2 aromatic carbocycles. The number of anilines is 1. The second-order valence-corrected chi connectivity index (χ2v) is 9.99. The van der Waals surface area contributed by atoms with Gasteiger partial charge in [-0.15, -0.1) is 10.2 Å². The number of nitrogens with one attached hydrogen (secondary N) is 1. The molecule has 3 rings (SSSR count). The highest BCUT2D eigenvalue weighted by molar-refractivity contribution is 7.15. The number of nitrogens with zero attached hydrogens (tertiary/aromatic N) is 3. The molecule has 0 aliphatic rings. The first kappa shape index (κ1) is 26.6. The number of amides is 1. The summed E-state index contributed by atoms with van der Waals surface area (Å²) in [5.74, 6) is -0.00114. The Morgan fingerprint density at radius 2 is 1.83 bits per heavy atom. The van der Waals surface area contributed by atoms with E-state index in [4.69, 9.17) is 9.47 Å². The van der Waals surface area contributed by atoms with Crippen LogP contribution >= 0.6 is 11.3 Å². The van der Waals surface area contributed by atoms with Gasteiger partial charge < -0.3 is 9.47 Å². The Morgan fingerprint density at radius 1 is 1.11 bits per heavy atom. The highest BCUT2D eigenvalue weighted by Crippen LogP contribution is 2.29. The Balaban J connectivity index is 1.69. The predicted octanol–water partition coefficient (Wildman–Crippen LogP) is 5.21. The van der Waals surface area contributed by atoms with Crippen molar-refractivity contribution >= 4 is 34.2 Å².